The second kappa shape index (κ2) is 35.5. The molecule has 0 spiro atoms. The van der Waals surface area contributed by atoms with Gasteiger partial charge >= 0.3 is 112 Å². The van der Waals surface area contributed by atoms with E-state index >= 15 is 0 Å². The Bertz CT molecular complexity index is 3100. The summed E-state index contributed by atoms with van der Waals surface area (Å²) in [5, 5.41) is -5.28. The number of esters is 5. The van der Waals surface area contributed by atoms with Gasteiger partial charge in [-0.25, -0.2) is 26.3 Å². The summed E-state index contributed by atoms with van der Waals surface area (Å²) in [7, 11) is -14.6. The van der Waals surface area contributed by atoms with Gasteiger partial charge < -0.3 is 53.1 Å². The molecule has 1 aliphatic heterocycles. The zero-order valence-electron chi connectivity index (χ0n) is 48.9. The van der Waals surface area contributed by atoms with Crippen LogP contribution in [0.15, 0.2) is 106 Å². The van der Waals surface area contributed by atoms with Gasteiger partial charge in [-0.1, -0.05) is 54.6 Å². The number of rotatable bonds is 31. The van der Waals surface area contributed by atoms with Gasteiger partial charge in [-0.2, -0.15) is 70.2 Å². The molecular weight excluding hydrogens is 1400 g/mol. The smallest absolute Gasteiger partial charge is 0.743 e. The fourth-order valence-corrected chi connectivity index (χ4v) is 9.81. The molecule has 0 bridgehead atoms. The summed E-state index contributed by atoms with van der Waals surface area (Å²) in [6, 6.07) is 30.7. The van der Waals surface area contributed by atoms with Crippen LogP contribution in [0.25, 0.3) is 0 Å². The minimum Gasteiger partial charge on any atom is -0.743 e. The Labute approximate surface area is 547 Å². The SMILES string of the molecule is CC(=O)OCC1O[C@@H](OCCCC(F)(F)C(F)(F)OC(F)(F)C(F)(F)S(=O)(=O)[O-])C(OC(C)=O)[C@H](OC(C)=O)[C@@H]1OC(C)=O.N[C@@H](CCC(=O)O)C(=O)OCCCC(F)(F)C(F)(F)OC(F)(F)C(F)(F)S(=O)(=O)[O-].[Na+].c1ccc([S+](c2ccccc2)c2ccccc2)cc1. The summed E-state index contributed by atoms with van der Waals surface area (Å²) < 4.78 is 313. The van der Waals surface area contributed by atoms with Crippen molar-refractivity contribution in [2.75, 3.05) is 19.8 Å². The van der Waals surface area contributed by atoms with Crippen molar-refractivity contribution in [1.82, 2.24) is 0 Å². The van der Waals surface area contributed by atoms with E-state index in [0.717, 1.165) is 27.7 Å². The van der Waals surface area contributed by atoms with Gasteiger partial charge in [-0.05, 0) is 55.7 Å². The molecule has 3 N–H and O–H groups in total. The number of carbonyl (C=O) groups is 6. The number of ether oxygens (including phenoxy) is 9. The van der Waals surface area contributed by atoms with Crippen LogP contribution in [0.1, 0.15) is 66.2 Å². The Hall–Kier alpha value is -5.67. The normalized spacial score (nSPS) is 17.9. The Balaban J connectivity index is 0.000000758. The van der Waals surface area contributed by atoms with E-state index in [4.69, 9.17) is 39.3 Å². The van der Waals surface area contributed by atoms with Crippen molar-refractivity contribution in [3.8, 4) is 0 Å². The molecule has 1 heterocycles. The molecule has 23 nitrogen and oxygen atoms in total. The standard InChI is InChI=1S/C21H26F8O14S.C18H15S.C12H15F8NO8S.Na/c1-9(30)38-8-13-14(39-10(2)31)15(40-11(3)32)16(41-12(4)33)17(42-13)37-7-5-6-18(22,23)19(24,25)43-20(26,27)21(28,29)44(34,35)36;1-4-10-16(11-5-1)19(17-12-6-2-7-13-17)18-14-8-3-9-15-18;13-9(14,4-1-5-28-8(24)6(21)2-3-7(22)23)10(15,16)29-11(17,18)12(19,20)30(25,26)27;/h13-17H,5-8H2,1-4H3,(H,34,35,36);1-15H;6H,1-5,21H2,(H,22,23)(H,25,26,27);/q;+1;;+1/p-2/t13?,14-,15-,16?,17-;;6-;/m1.0./s1. The summed E-state index contributed by atoms with van der Waals surface area (Å²) in [6.07, 6.45) is -43.0. The molecule has 43 heteroatoms. The first-order chi connectivity index (χ1) is 42.4. The number of halogens is 16. The monoisotopic (exact) mass is 1460 g/mol. The predicted molar refractivity (Wildman–Crippen MR) is 275 cm³/mol. The topological polar surface area (TPSA) is 346 Å². The molecule has 0 radical (unpaired) electrons. The summed E-state index contributed by atoms with van der Waals surface area (Å²) >= 11 is 0. The molecule has 1 saturated heterocycles. The summed E-state index contributed by atoms with van der Waals surface area (Å²) in [6.45, 7) is 0.726. The number of hydrogen-bond acceptors (Lipinski definition) is 22. The van der Waals surface area contributed by atoms with Crippen molar-refractivity contribution in [3.05, 3.63) is 91.0 Å². The third-order valence-corrected chi connectivity index (χ3v) is 15.3. The van der Waals surface area contributed by atoms with Crippen LogP contribution in [-0.4, -0.2) is 170 Å². The maximum Gasteiger partial charge on any atom is 1.00 e. The second-order valence-corrected chi connectivity index (χ2v) is 23.6. The molecule has 3 aromatic rings. The maximum atomic E-state index is 14.1. The van der Waals surface area contributed by atoms with Gasteiger partial charge in [0.2, 0.25) is 0 Å². The van der Waals surface area contributed by atoms with Crippen molar-refractivity contribution < 1.29 is 202 Å². The minimum atomic E-state index is -7.35. The number of alkyl halides is 16. The van der Waals surface area contributed by atoms with Crippen molar-refractivity contribution >= 4 is 66.9 Å². The average molecular weight is 1460 g/mol. The van der Waals surface area contributed by atoms with Crippen LogP contribution < -0.4 is 35.3 Å². The molecule has 0 aromatic heterocycles. The Morgan fingerprint density at radius 2 is 0.894 bits per heavy atom. The molecule has 6 atom stereocenters. The zero-order valence-corrected chi connectivity index (χ0v) is 53.3. The number of benzene rings is 3. The van der Waals surface area contributed by atoms with Crippen molar-refractivity contribution in [2.24, 2.45) is 5.73 Å². The number of nitrogens with two attached hydrogens (primary N) is 1. The molecule has 3 aromatic carbocycles. The van der Waals surface area contributed by atoms with Gasteiger partial charge in [0.1, 0.15) is 18.8 Å². The van der Waals surface area contributed by atoms with Crippen LogP contribution in [0, 0.1) is 0 Å². The Kier molecular flexibility index (Phi) is 32.6. The quantitative estimate of drug-likeness (QED) is 0.0161. The van der Waals surface area contributed by atoms with E-state index in [1.807, 2.05) is 4.74 Å². The van der Waals surface area contributed by atoms with Crippen LogP contribution >= 0.6 is 0 Å². The first-order valence-corrected chi connectivity index (χ1v) is 29.7. The van der Waals surface area contributed by atoms with Gasteiger partial charge in [-0.15, -0.1) is 0 Å². The van der Waals surface area contributed by atoms with E-state index in [1.165, 1.54) is 14.7 Å². The molecule has 1 fully saturated rings. The molecule has 0 amide bonds. The number of carboxylic acids is 1. The Morgan fingerprint density at radius 1 is 0.543 bits per heavy atom. The van der Waals surface area contributed by atoms with E-state index in [2.05, 4.69) is 100 Å². The number of hydrogen-bond donors (Lipinski definition) is 2. The van der Waals surface area contributed by atoms with Gasteiger partial charge in [0.25, 0.3) is 0 Å². The molecular formula is C51H54F16NNaO22S3. The van der Waals surface area contributed by atoms with Crippen molar-refractivity contribution in [2.45, 2.75) is 164 Å². The molecule has 4 rings (SSSR count). The third-order valence-electron chi connectivity index (χ3n) is 11.3. The van der Waals surface area contributed by atoms with Crippen LogP contribution in [0.3, 0.4) is 0 Å². The van der Waals surface area contributed by atoms with Gasteiger partial charge in [0.15, 0.2) is 59.5 Å². The molecule has 1 aliphatic rings. The van der Waals surface area contributed by atoms with Crippen molar-refractivity contribution in [3.63, 3.8) is 0 Å². The van der Waals surface area contributed by atoms with E-state index < -0.39 is 198 Å². The molecule has 94 heavy (non-hydrogen) atoms. The van der Waals surface area contributed by atoms with E-state index in [9.17, 15) is 125 Å². The fraction of sp³-hybridized carbons (Fsp3) is 0.529. The predicted octanol–water partition coefficient (Wildman–Crippen LogP) is 5.11. The summed E-state index contributed by atoms with van der Waals surface area (Å²) in [5.41, 5.74) is 5.19. The largest absolute Gasteiger partial charge is 1.00 e. The van der Waals surface area contributed by atoms with Crippen LogP contribution in [0.2, 0.25) is 0 Å². The van der Waals surface area contributed by atoms with Crippen LogP contribution in [0.4, 0.5) is 70.2 Å². The number of carboxylic acid groups (broad SMARTS) is 1. The van der Waals surface area contributed by atoms with Crippen molar-refractivity contribution in [1.29, 1.82) is 0 Å². The van der Waals surface area contributed by atoms with Gasteiger partial charge in [-0.3, -0.25) is 28.8 Å². The average Bonchev–Trinajstić information content (AvgIpc) is 0.768. The third kappa shape index (κ3) is 25.1. The maximum absolute atomic E-state index is 14.1. The first kappa shape index (κ1) is 86.3. The number of aliphatic carboxylic acids is 1. The van der Waals surface area contributed by atoms with Gasteiger partial charge in [0, 0.05) is 47.0 Å². The van der Waals surface area contributed by atoms with Gasteiger partial charge in [0.05, 0.1) is 24.1 Å². The summed E-state index contributed by atoms with van der Waals surface area (Å²) in [4.78, 5) is 72.1. The van der Waals surface area contributed by atoms with E-state index in [1.54, 1.807) is 0 Å². The minimum absolute atomic E-state index is 0. The number of carbonyl (C=O) groups excluding carboxylic acids is 5. The second-order valence-electron chi connectivity index (χ2n) is 18.7. The molecule has 0 saturated carbocycles. The first-order valence-electron chi connectivity index (χ1n) is 25.7. The molecule has 0 aliphatic carbocycles. The Morgan fingerprint density at radius 3 is 1.23 bits per heavy atom. The zero-order chi connectivity index (χ0) is 71.6. The van der Waals surface area contributed by atoms with Crippen LogP contribution in [0.5, 0.6) is 0 Å². The van der Waals surface area contributed by atoms with E-state index in [-0.39, 0.29) is 40.5 Å². The molecule has 2 unspecified atom stereocenters. The fourth-order valence-electron chi connectivity index (χ4n) is 7.04. The van der Waals surface area contributed by atoms with Crippen LogP contribution in [-0.2, 0) is 103 Å². The summed E-state index contributed by atoms with van der Waals surface area (Å²) in [5.74, 6) is -18.0. The molecule has 526 valence electrons. The van der Waals surface area contributed by atoms with E-state index in [0.29, 0.717) is 0 Å².